The average molecular weight is 420 g/mol. The number of rotatable bonds is 6. The van der Waals surface area contributed by atoms with E-state index in [0.29, 0.717) is 23.1 Å². The first kappa shape index (κ1) is 21.9. The third-order valence-electron chi connectivity index (χ3n) is 5.12. The third kappa shape index (κ3) is 7.83. The maximum Gasteiger partial charge on any atom is 0.229 e. The molecule has 2 fully saturated rings. The quantitative estimate of drug-likeness (QED) is 0.279. The highest BCUT2D eigenvalue weighted by Crippen LogP contribution is 2.21. The van der Waals surface area contributed by atoms with E-state index >= 15 is 0 Å². The molecule has 0 aromatic carbocycles. The summed E-state index contributed by atoms with van der Waals surface area (Å²) >= 11 is 5.49. The number of aliphatic imine (C=N–C) groups is 1. The van der Waals surface area contributed by atoms with E-state index in [1.54, 1.807) is 0 Å². The lowest BCUT2D eigenvalue weighted by Gasteiger charge is -2.26. The van der Waals surface area contributed by atoms with Gasteiger partial charge in [-0.3, -0.25) is 10.2 Å². The van der Waals surface area contributed by atoms with Gasteiger partial charge >= 0.3 is 0 Å². The summed E-state index contributed by atoms with van der Waals surface area (Å²) in [5.41, 5.74) is 1.84. The fourth-order valence-corrected chi connectivity index (χ4v) is 3.88. The molecule has 0 unspecified atom stereocenters. The van der Waals surface area contributed by atoms with Crippen molar-refractivity contribution in [3.63, 3.8) is 0 Å². The molecule has 3 rings (SSSR count). The normalized spacial score (nSPS) is 18.6. The zero-order valence-electron chi connectivity index (χ0n) is 17.5. The van der Waals surface area contributed by atoms with E-state index in [1.165, 1.54) is 12.8 Å². The van der Waals surface area contributed by atoms with Crippen LogP contribution in [0.1, 0.15) is 43.5 Å². The minimum absolute atomic E-state index is 0.319. The molecule has 160 valence electrons. The van der Waals surface area contributed by atoms with Crippen LogP contribution in [0.4, 0.5) is 5.95 Å². The van der Waals surface area contributed by atoms with Gasteiger partial charge in [-0.1, -0.05) is 12.8 Å². The van der Waals surface area contributed by atoms with Crippen LogP contribution in [0, 0.1) is 13.8 Å². The first-order valence-corrected chi connectivity index (χ1v) is 11.0. The second-order valence-corrected chi connectivity index (χ2v) is 8.11. The molecule has 0 bridgehead atoms. The van der Waals surface area contributed by atoms with Crippen LogP contribution in [-0.2, 0) is 4.74 Å². The number of hydrogen-bond donors (Lipinski definition) is 3. The lowest BCUT2D eigenvalue weighted by molar-refractivity contribution is 0.0376. The predicted octanol–water partition coefficient (Wildman–Crippen LogP) is 1.99. The Labute approximate surface area is 178 Å². The molecule has 2 aliphatic rings. The monoisotopic (exact) mass is 419 g/mol. The van der Waals surface area contributed by atoms with Crippen molar-refractivity contribution in [3.05, 3.63) is 17.5 Å². The highest BCUT2D eigenvalue weighted by atomic mass is 32.1. The number of guanidine groups is 1. The van der Waals surface area contributed by atoms with Gasteiger partial charge in [-0.25, -0.2) is 15.0 Å². The molecule has 1 saturated heterocycles. The van der Waals surface area contributed by atoms with Gasteiger partial charge in [0.25, 0.3) is 0 Å². The maximum absolute atomic E-state index is 5.49. The number of morpholine rings is 1. The highest BCUT2D eigenvalue weighted by molar-refractivity contribution is 7.80. The summed E-state index contributed by atoms with van der Waals surface area (Å²) in [6, 6.07) is 2.27. The number of ether oxygens (including phenoxy) is 1. The largest absolute Gasteiger partial charge is 0.379 e. The van der Waals surface area contributed by atoms with Crippen molar-refractivity contribution in [1.82, 2.24) is 25.5 Å². The molecule has 2 heterocycles. The van der Waals surface area contributed by atoms with Gasteiger partial charge in [-0.2, -0.15) is 0 Å². The van der Waals surface area contributed by atoms with Gasteiger partial charge in [-0.05, 0) is 57.9 Å². The van der Waals surface area contributed by atoms with Crippen LogP contribution in [0.5, 0.6) is 0 Å². The van der Waals surface area contributed by atoms with Gasteiger partial charge in [-0.15, -0.1) is 0 Å². The zero-order valence-corrected chi connectivity index (χ0v) is 18.4. The number of nitrogens with zero attached hydrogens (tertiary/aromatic N) is 4. The minimum Gasteiger partial charge on any atom is -0.379 e. The second kappa shape index (κ2) is 11.4. The second-order valence-electron chi connectivity index (χ2n) is 7.70. The Morgan fingerprint density at radius 3 is 2.59 bits per heavy atom. The van der Waals surface area contributed by atoms with E-state index in [1.807, 2.05) is 19.9 Å². The average Bonchev–Trinajstić information content (AvgIpc) is 3.18. The number of hydrogen-bond acceptors (Lipinski definition) is 6. The Bertz CT molecular complexity index is 680. The molecule has 1 aromatic rings. The summed E-state index contributed by atoms with van der Waals surface area (Å²) in [5, 5.41) is 10.3. The molecule has 1 aliphatic heterocycles. The lowest BCUT2D eigenvalue weighted by atomic mass is 10.3. The standard InChI is InChI=1S/C20H33N7OS/c1-15-14-16(2)23-18(22-15)25-19(24-17-6-3-4-7-17)26-20(29)21-8-5-9-27-10-12-28-13-11-27/h14,17H,3-13H2,1-2H3,(H3,21,22,23,24,25,26,29). The van der Waals surface area contributed by atoms with Crippen LogP contribution in [0.25, 0.3) is 0 Å². The van der Waals surface area contributed by atoms with Crippen LogP contribution in [-0.4, -0.2) is 71.4 Å². The molecule has 0 radical (unpaired) electrons. The number of aryl methyl sites for hydroxylation is 2. The molecule has 3 N–H and O–H groups in total. The molecule has 8 nitrogen and oxygen atoms in total. The molecule has 9 heteroatoms. The smallest absolute Gasteiger partial charge is 0.229 e. The van der Waals surface area contributed by atoms with E-state index in [4.69, 9.17) is 21.9 Å². The molecule has 29 heavy (non-hydrogen) atoms. The number of thiocarbonyl (C=S) groups is 1. The van der Waals surface area contributed by atoms with Crippen LogP contribution >= 0.6 is 12.2 Å². The van der Waals surface area contributed by atoms with Crippen LogP contribution in [0.2, 0.25) is 0 Å². The molecular weight excluding hydrogens is 386 g/mol. The van der Waals surface area contributed by atoms with E-state index < -0.39 is 0 Å². The summed E-state index contributed by atoms with van der Waals surface area (Å²) in [6.07, 6.45) is 5.71. The van der Waals surface area contributed by atoms with Crippen LogP contribution < -0.4 is 16.0 Å². The molecule has 0 spiro atoms. The van der Waals surface area contributed by atoms with Crippen LogP contribution in [0.3, 0.4) is 0 Å². The van der Waals surface area contributed by atoms with E-state index in [9.17, 15) is 0 Å². The highest BCUT2D eigenvalue weighted by Gasteiger charge is 2.16. The lowest BCUT2D eigenvalue weighted by Crippen LogP contribution is -2.44. The minimum atomic E-state index is 0.319. The van der Waals surface area contributed by atoms with Gasteiger partial charge in [0.2, 0.25) is 11.9 Å². The number of nitrogens with one attached hydrogen (secondary N) is 3. The van der Waals surface area contributed by atoms with Crippen molar-refractivity contribution < 1.29 is 4.74 Å². The Morgan fingerprint density at radius 1 is 1.21 bits per heavy atom. The van der Waals surface area contributed by atoms with E-state index in [-0.39, 0.29) is 0 Å². The zero-order chi connectivity index (χ0) is 20.5. The SMILES string of the molecule is Cc1cc(C)nc(NC(=NC2CCCC2)NC(=S)NCCCN2CCOCC2)n1. The van der Waals surface area contributed by atoms with Gasteiger partial charge in [0, 0.05) is 31.0 Å². The van der Waals surface area contributed by atoms with Crippen molar-refractivity contribution >= 4 is 29.2 Å². The fourth-order valence-electron chi connectivity index (χ4n) is 3.68. The first-order chi connectivity index (χ1) is 14.1. The molecule has 1 aromatic heterocycles. The van der Waals surface area contributed by atoms with E-state index in [0.717, 1.165) is 70.0 Å². The maximum atomic E-state index is 5.49. The van der Waals surface area contributed by atoms with Gasteiger partial charge in [0.15, 0.2) is 5.11 Å². The van der Waals surface area contributed by atoms with Crippen molar-refractivity contribution in [1.29, 1.82) is 0 Å². The van der Waals surface area contributed by atoms with Crippen molar-refractivity contribution in [3.8, 4) is 0 Å². The molecule has 0 atom stereocenters. The summed E-state index contributed by atoms with van der Waals surface area (Å²) in [6.45, 7) is 9.49. The van der Waals surface area contributed by atoms with Crippen LogP contribution in [0.15, 0.2) is 11.1 Å². The van der Waals surface area contributed by atoms with Gasteiger partial charge < -0.3 is 15.4 Å². The van der Waals surface area contributed by atoms with Gasteiger partial charge in [0.05, 0.1) is 19.3 Å². The Hall–Kier alpha value is -1.84. The van der Waals surface area contributed by atoms with Crippen molar-refractivity contribution in [2.75, 3.05) is 44.7 Å². The first-order valence-electron chi connectivity index (χ1n) is 10.6. The number of anilines is 1. The molecule has 1 saturated carbocycles. The van der Waals surface area contributed by atoms with Gasteiger partial charge in [0.1, 0.15) is 0 Å². The Balaban J connectivity index is 1.50. The molecule has 0 amide bonds. The summed E-state index contributed by atoms with van der Waals surface area (Å²) in [4.78, 5) is 16.2. The molecular formula is C20H33N7OS. The molecule has 1 aliphatic carbocycles. The number of aromatic nitrogens is 2. The topological polar surface area (TPSA) is 86.7 Å². The summed E-state index contributed by atoms with van der Waals surface area (Å²) in [7, 11) is 0. The predicted molar refractivity (Wildman–Crippen MR) is 120 cm³/mol. The Morgan fingerprint density at radius 2 is 1.90 bits per heavy atom. The Kier molecular flexibility index (Phi) is 8.57. The summed E-state index contributed by atoms with van der Waals surface area (Å²) in [5.74, 6) is 1.16. The fraction of sp³-hybridized carbons (Fsp3) is 0.700. The third-order valence-corrected chi connectivity index (χ3v) is 5.37. The van der Waals surface area contributed by atoms with E-state index in [2.05, 4.69) is 30.8 Å². The van der Waals surface area contributed by atoms with Crippen molar-refractivity contribution in [2.45, 2.75) is 52.0 Å². The van der Waals surface area contributed by atoms with Crippen molar-refractivity contribution in [2.24, 2.45) is 4.99 Å². The summed E-state index contributed by atoms with van der Waals surface area (Å²) < 4.78 is 5.39.